The second-order valence-electron chi connectivity index (χ2n) is 7.86. The molecule has 29 heavy (non-hydrogen) atoms. The maximum atomic E-state index is 12.8. The zero-order chi connectivity index (χ0) is 20.4. The number of ether oxygens (including phenoxy) is 1. The molecule has 2 fully saturated rings. The van der Waals surface area contributed by atoms with Crippen LogP contribution >= 0.6 is 11.8 Å². The van der Waals surface area contributed by atoms with E-state index in [1.165, 1.54) is 0 Å². The third-order valence-electron chi connectivity index (χ3n) is 6.03. The van der Waals surface area contributed by atoms with E-state index in [0.717, 1.165) is 55.2 Å². The van der Waals surface area contributed by atoms with Gasteiger partial charge in [0.1, 0.15) is 5.60 Å². The van der Waals surface area contributed by atoms with Gasteiger partial charge in [0.25, 0.3) is 5.89 Å². The van der Waals surface area contributed by atoms with Gasteiger partial charge >= 0.3 is 0 Å². The van der Waals surface area contributed by atoms with E-state index in [4.69, 9.17) is 9.26 Å². The Kier molecular flexibility index (Phi) is 5.94. The molecule has 1 aliphatic carbocycles. The predicted molar refractivity (Wildman–Crippen MR) is 112 cm³/mol. The lowest BCUT2D eigenvalue weighted by Gasteiger charge is -2.40. The normalized spacial score (nSPS) is 20.4. The van der Waals surface area contributed by atoms with Gasteiger partial charge in [-0.05, 0) is 57.1 Å². The lowest BCUT2D eigenvalue weighted by atomic mass is 9.90. The topological polar surface area (TPSA) is 80.5 Å². The highest BCUT2D eigenvalue weighted by molar-refractivity contribution is 7.98. The van der Waals surface area contributed by atoms with Gasteiger partial charge in [0.15, 0.2) is 5.82 Å². The van der Waals surface area contributed by atoms with Crippen LogP contribution in [0.25, 0.3) is 0 Å². The van der Waals surface area contributed by atoms with Gasteiger partial charge in [-0.2, -0.15) is 4.98 Å². The smallest absolute Gasteiger partial charge is 0.258 e. The SMILES string of the molecule is COC1(c2nc(C3CC3)no2)CCN([C@@H](C)C(=O)Nc2cccc(SC)c2)CC1. The number of thioether (sulfide) groups is 1. The molecule has 1 aromatic carbocycles. The maximum Gasteiger partial charge on any atom is 0.258 e. The molecule has 0 bridgehead atoms. The summed E-state index contributed by atoms with van der Waals surface area (Å²) in [6.07, 6.45) is 5.74. The number of nitrogens with one attached hydrogen (secondary N) is 1. The Morgan fingerprint density at radius 2 is 2.14 bits per heavy atom. The van der Waals surface area contributed by atoms with Crippen molar-refractivity contribution in [2.24, 2.45) is 0 Å². The summed E-state index contributed by atoms with van der Waals surface area (Å²) in [5, 5.41) is 7.18. The Bertz CT molecular complexity index is 859. The van der Waals surface area contributed by atoms with E-state index in [0.29, 0.717) is 11.8 Å². The Morgan fingerprint density at radius 1 is 1.38 bits per heavy atom. The van der Waals surface area contributed by atoms with Gasteiger partial charge in [-0.15, -0.1) is 11.8 Å². The van der Waals surface area contributed by atoms with Gasteiger partial charge in [-0.3, -0.25) is 9.69 Å². The molecule has 0 spiro atoms. The van der Waals surface area contributed by atoms with Gasteiger partial charge in [-0.1, -0.05) is 11.2 Å². The first-order chi connectivity index (χ1) is 14.0. The first-order valence-electron chi connectivity index (χ1n) is 10.1. The molecule has 1 saturated carbocycles. The Labute approximate surface area is 175 Å². The molecule has 1 amide bonds. The summed E-state index contributed by atoms with van der Waals surface area (Å²) < 4.78 is 11.4. The fourth-order valence-corrected chi connectivity index (χ4v) is 4.28. The largest absolute Gasteiger partial charge is 0.368 e. The standard InChI is InChI=1S/C21H28N4O3S/c1-14(19(26)22-16-5-4-6-17(13-16)29-3)25-11-9-21(27-2,10-12-25)20-23-18(24-28-20)15-7-8-15/h4-6,13-15H,7-12H2,1-3H3,(H,22,26)/t14-/m0/s1. The number of carbonyl (C=O) groups is 1. The number of amides is 1. The molecular formula is C21H28N4O3S. The molecule has 2 aliphatic rings. The zero-order valence-corrected chi connectivity index (χ0v) is 18.0. The van der Waals surface area contributed by atoms with E-state index >= 15 is 0 Å². The summed E-state index contributed by atoms with van der Waals surface area (Å²) in [7, 11) is 1.70. The highest BCUT2D eigenvalue weighted by Crippen LogP contribution is 2.41. The summed E-state index contributed by atoms with van der Waals surface area (Å²) in [6.45, 7) is 3.41. The van der Waals surface area contributed by atoms with Crippen LogP contribution in [0.3, 0.4) is 0 Å². The van der Waals surface area contributed by atoms with Crippen LogP contribution in [0.15, 0.2) is 33.7 Å². The molecule has 1 aromatic heterocycles. The fraction of sp³-hybridized carbons (Fsp3) is 0.571. The molecule has 2 heterocycles. The number of nitrogens with zero attached hydrogens (tertiary/aromatic N) is 3. The number of rotatable bonds is 7. The molecule has 4 rings (SSSR count). The maximum absolute atomic E-state index is 12.8. The minimum atomic E-state index is -0.556. The molecule has 156 valence electrons. The Morgan fingerprint density at radius 3 is 2.79 bits per heavy atom. The molecule has 1 saturated heterocycles. The van der Waals surface area contributed by atoms with Crippen molar-refractivity contribution in [3.05, 3.63) is 36.0 Å². The lowest BCUT2D eigenvalue weighted by molar-refractivity contribution is -0.125. The van der Waals surface area contributed by atoms with Gasteiger partial charge in [0.05, 0.1) is 6.04 Å². The average Bonchev–Trinajstić information content (AvgIpc) is 3.49. The van der Waals surface area contributed by atoms with Crippen LogP contribution in [0.5, 0.6) is 0 Å². The van der Waals surface area contributed by atoms with Crippen LogP contribution < -0.4 is 5.32 Å². The van der Waals surface area contributed by atoms with Crippen molar-refractivity contribution >= 4 is 23.4 Å². The van der Waals surface area contributed by atoms with Gasteiger partial charge < -0.3 is 14.6 Å². The summed E-state index contributed by atoms with van der Waals surface area (Å²) in [6, 6.07) is 7.68. The van der Waals surface area contributed by atoms with Gasteiger partial charge in [0.2, 0.25) is 5.91 Å². The molecule has 0 radical (unpaired) electrons. The zero-order valence-electron chi connectivity index (χ0n) is 17.2. The van der Waals surface area contributed by atoms with E-state index in [2.05, 4.69) is 20.4 Å². The number of hydrogen-bond acceptors (Lipinski definition) is 7. The van der Waals surface area contributed by atoms with Gasteiger partial charge in [-0.25, -0.2) is 0 Å². The molecule has 0 unspecified atom stereocenters. The number of carbonyl (C=O) groups excluding carboxylic acids is 1. The van der Waals surface area contributed by atoms with Crippen LogP contribution in [0.2, 0.25) is 0 Å². The highest BCUT2D eigenvalue weighted by Gasteiger charge is 2.43. The van der Waals surface area contributed by atoms with Crippen LogP contribution in [0.4, 0.5) is 5.69 Å². The van der Waals surface area contributed by atoms with Crippen molar-refractivity contribution in [3.63, 3.8) is 0 Å². The summed E-state index contributed by atoms with van der Waals surface area (Å²) >= 11 is 1.66. The van der Waals surface area contributed by atoms with Crippen LogP contribution in [-0.4, -0.2) is 53.4 Å². The number of likely N-dealkylation sites (tertiary alicyclic amines) is 1. The van der Waals surface area contributed by atoms with Gasteiger partial charge in [0, 0.05) is 36.7 Å². The van der Waals surface area contributed by atoms with Crippen molar-refractivity contribution < 1.29 is 14.1 Å². The summed E-state index contributed by atoms with van der Waals surface area (Å²) in [5.74, 6) is 1.84. The second-order valence-corrected chi connectivity index (χ2v) is 8.74. The monoisotopic (exact) mass is 416 g/mol. The van der Waals surface area contributed by atoms with E-state index in [1.807, 2.05) is 37.4 Å². The lowest BCUT2D eigenvalue weighted by Crippen LogP contribution is -2.50. The van der Waals surface area contributed by atoms with Crippen LogP contribution in [0, 0.1) is 0 Å². The number of aromatic nitrogens is 2. The van der Waals surface area contributed by atoms with Crippen molar-refractivity contribution in [1.29, 1.82) is 0 Å². The molecule has 1 aliphatic heterocycles. The molecule has 1 N–H and O–H groups in total. The minimum absolute atomic E-state index is 0.00183. The summed E-state index contributed by atoms with van der Waals surface area (Å²) in [4.78, 5) is 20.7. The average molecular weight is 417 g/mol. The molecule has 8 heteroatoms. The van der Waals surface area contributed by atoms with Crippen molar-refractivity contribution in [2.75, 3.05) is 31.8 Å². The molecular weight excluding hydrogens is 388 g/mol. The van der Waals surface area contributed by atoms with E-state index in [1.54, 1.807) is 18.9 Å². The van der Waals surface area contributed by atoms with Crippen LogP contribution in [-0.2, 0) is 15.1 Å². The molecule has 7 nitrogen and oxygen atoms in total. The highest BCUT2D eigenvalue weighted by atomic mass is 32.2. The second kappa shape index (κ2) is 8.45. The van der Waals surface area contributed by atoms with E-state index < -0.39 is 5.60 Å². The predicted octanol–water partition coefficient (Wildman–Crippen LogP) is 3.63. The third kappa shape index (κ3) is 4.34. The number of anilines is 1. The van der Waals surface area contributed by atoms with Crippen molar-refractivity contribution in [1.82, 2.24) is 15.0 Å². The summed E-state index contributed by atoms with van der Waals surface area (Å²) in [5.41, 5.74) is 0.273. The van der Waals surface area contributed by atoms with E-state index in [-0.39, 0.29) is 11.9 Å². The van der Waals surface area contributed by atoms with E-state index in [9.17, 15) is 4.79 Å². The Balaban J connectivity index is 1.37. The number of benzene rings is 1. The minimum Gasteiger partial charge on any atom is -0.368 e. The Hall–Kier alpha value is -1.90. The quantitative estimate of drug-likeness (QED) is 0.690. The number of piperidine rings is 1. The molecule has 2 aromatic rings. The number of hydrogen-bond donors (Lipinski definition) is 1. The number of methoxy groups -OCH3 is 1. The first-order valence-corrected chi connectivity index (χ1v) is 11.4. The van der Waals surface area contributed by atoms with Crippen LogP contribution in [0.1, 0.15) is 50.2 Å². The van der Waals surface area contributed by atoms with Crippen molar-refractivity contribution in [2.45, 2.75) is 55.1 Å². The fourth-order valence-electron chi connectivity index (χ4n) is 3.82. The first kappa shape index (κ1) is 20.4. The van der Waals surface area contributed by atoms with Crippen molar-refractivity contribution in [3.8, 4) is 0 Å². The third-order valence-corrected chi connectivity index (χ3v) is 6.76. The molecule has 1 atom stereocenters.